The molecule has 33 heavy (non-hydrogen) atoms. The van der Waals surface area contributed by atoms with Gasteiger partial charge in [0.1, 0.15) is 12.1 Å². The zero-order chi connectivity index (χ0) is 23.0. The van der Waals surface area contributed by atoms with Crippen LogP contribution in [0.5, 0.6) is 0 Å². The standard InChI is InChI=1S/C25H34N4O4/c1-18-22(17-33-28-18)23(30)15-21(19-7-5-3-2-4-6-8-19)25(31)27-20-9-10-24(26-16-20)29-11-13-32-14-12-29/h9-10,16-17,19,21H,2-8,11-15H2,1H3,(H,27,31). The first-order valence-electron chi connectivity index (χ1n) is 12.2. The number of nitrogens with one attached hydrogen (secondary N) is 1. The van der Waals surface area contributed by atoms with Crippen molar-refractivity contribution in [1.82, 2.24) is 10.1 Å². The Kier molecular flexibility index (Phi) is 8.10. The van der Waals surface area contributed by atoms with Crippen molar-refractivity contribution in [3.8, 4) is 0 Å². The fraction of sp³-hybridized carbons (Fsp3) is 0.600. The number of Topliss-reactive ketones (excluding diaryl/α,β-unsaturated/α-hetero) is 1. The highest BCUT2D eigenvalue weighted by molar-refractivity contribution is 6.01. The lowest BCUT2D eigenvalue weighted by Gasteiger charge is -2.28. The lowest BCUT2D eigenvalue weighted by Crippen LogP contribution is -2.36. The molecule has 0 bridgehead atoms. The van der Waals surface area contributed by atoms with E-state index in [0.29, 0.717) is 30.2 Å². The van der Waals surface area contributed by atoms with E-state index in [0.717, 1.165) is 44.6 Å². The SMILES string of the molecule is Cc1nocc1C(=O)CC(C(=O)Nc1ccc(N2CCOCC2)nc1)C1CCCCCCC1. The van der Waals surface area contributed by atoms with Gasteiger partial charge in [-0.3, -0.25) is 9.59 Å². The molecule has 0 spiro atoms. The molecule has 2 aromatic heterocycles. The fourth-order valence-corrected chi connectivity index (χ4v) is 4.91. The maximum atomic E-state index is 13.4. The molecule has 1 unspecified atom stereocenters. The molecule has 1 saturated heterocycles. The van der Waals surface area contributed by atoms with Gasteiger partial charge in [-0.25, -0.2) is 4.98 Å². The Morgan fingerprint density at radius 2 is 1.85 bits per heavy atom. The Balaban J connectivity index is 1.47. The highest BCUT2D eigenvalue weighted by Gasteiger charge is 2.32. The van der Waals surface area contributed by atoms with Crippen LogP contribution >= 0.6 is 0 Å². The van der Waals surface area contributed by atoms with Crippen molar-refractivity contribution in [1.29, 1.82) is 0 Å². The highest BCUT2D eigenvalue weighted by atomic mass is 16.5. The average Bonchev–Trinajstić information content (AvgIpc) is 3.25. The molecule has 1 aliphatic carbocycles. The van der Waals surface area contributed by atoms with Crippen molar-refractivity contribution in [2.24, 2.45) is 11.8 Å². The number of hydrogen-bond donors (Lipinski definition) is 1. The molecule has 1 atom stereocenters. The molecule has 1 N–H and O–H groups in total. The number of ether oxygens (including phenoxy) is 1. The first kappa shape index (κ1) is 23.4. The van der Waals surface area contributed by atoms with Crippen molar-refractivity contribution in [3.05, 3.63) is 35.9 Å². The van der Waals surface area contributed by atoms with Crippen LogP contribution in [-0.4, -0.2) is 48.1 Å². The maximum Gasteiger partial charge on any atom is 0.228 e. The molecule has 8 heteroatoms. The van der Waals surface area contributed by atoms with Crippen LogP contribution in [0.3, 0.4) is 0 Å². The summed E-state index contributed by atoms with van der Waals surface area (Å²) in [6.45, 7) is 4.77. The Bertz CT molecular complexity index is 913. The van der Waals surface area contributed by atoms with Gasteiger partial charge >= 0.3 is 0 Å². The van der Waals surface area contributed by atoms with E-state index >= 15 is 0 Å². The van der Waals surface area contributed by atoms with E-state index in [2.05, 4.69) is 20.4 Å². The number of aryl methyl sites for hydroxylation is 1. The van der Waals surface area contributed by atoms with Crippen molar-refractivity contribution in [2.45, 2.75) is 58.3 Å². The van der Waals surface area contributed by atoms with Crippen LogP contribution in [0.15, 0.2) is 29.1 Å². The summed E-state index contributed by atoms with van der Waals surface area (Å²) in [4.78, 5) is 33.1. The van der Waals surface area contributed by atoms with Crippen LogP contribution in [-0.2, 0) is 9.53 Å². The smallest absolute Gasteiger partial charge is 0.228 e. The summed E-state index contributed by atoms with van der Waals surface area (Å²) in [5.41, 5.74) is 1.69. The Hall–Kier alpha value is -2.74. The molecule has 2 aromatic rings. The molecular weight excluding hydrogens is 420 g/mol. The molecule has 2 fully saturated rings. The molecule has 4 rings (SSSR count). The van der Waals surface area contributed by atoms with Gasteiger partial charge in [0.15, 0.2) is 5.78 Å². The predicted molar refractivity (Wildman–Crippen MR) is 125 cm³/mol. The Morgan fingerprint density at radius 3 is 2.48 bits per heavy atom. The van der Waals surface area contributed by atoms with Crippen LogP contribution in [0, 0.1) is 18.8 Å². The molecule has 2 aliphatic rings. The second-order valence-corrected chi connectivity index (χ2v) is 9.15. The molecule has 8 nitrogen and oxygen atoms in total. The minimum absolute atomic E-state index is 0.0863. The molecule has 1 saturated carbocycles. The third kappa shape index (κ3) is 6.19. The predicted octanol–water partition coefficient (Wildman–Crippen LogP) is 4.40. The van der Waals surface area contributed by atoms with Gasteiger partial charge in [0, 0.05) is 25.4 Å². The zero-order valence-electron chi connectivity index (χ0n) is 19.4. The largest absolute Gasteiger partial charge is 0.378 e. The number of morpholine rings is 1. The average molecular weight is 455 g/mol. The van der Waals surface area contributed by atoms with Crippen LogP contribution in [0.2, 0.25) is 0 Å². The number of hydrogen-bond acceptors (Lipinski definition) is 7. The number of anilines is 2. The number of amides is 1. The third-order valence-corrected chi connectivity index (χ3v) is 6.86. The van der Waals surface area contributed by atoms with Crippen molar-refractivity contribution in [2.75, 3.05) is 36.5 Å². The van der Waals surface area contributed by atoms with Crippen molar-refractivity contribution < 1.29 is 18.8 Å². The fourth-order valence-electron chi connectivity index (χ4n) is 4.91. The Morgan fingerprint density at radius 1 is 1.12 bits per heavy atom. The van der Waals surface area contributed by atoms with Gasteiger partial charge in [-0.2, -0.15) is 0 Å². The highest BCUT2D eigenvalue weighted by Crippen LogP contribution is 2.32. The summed E-state index contributed by atoms with van der Waals surface area (Å²) in [5.74, 6) is 0.491. The molecular formula is C25H34N4O4. The van der Waals surface area contributed by atoms with E-state index in [1.54, 1.807) is 13.1 Å². The van der Waals surface area contributed by atoms with E-state index in [9.17, 15) is 9.59 Å². The number of carbonyl (C=O) groups excluding carboxylic acids is 2. The lowest BCUT2D eigenvalue weighted by molar-refractivity contribution is -0.121. The molecule has 178 valence electrons. The quantitative estimate of drug-likeness (QED) is 0.619. The summed E-state index contributed by atoms with van der Waals surface area (Å²) in [6.07, 6.45) is 11.0. The van der Waals surface area contributed by atoms with Gasteiger partial charge < -0.3 is 19.5 Å². The van der Waals surface area contributed by atoms with Crippen LogP contribution < -0.4 is 10.2 Å². The number of pyridine rings is 1. The van der Waals surface area contributed by atoms with Gasteiger partial charge in [-0.1, -0.05) is 37.3 Å². The number of aromatic nitrogens is 2. The van der Waals surface area contributed by atoms with Crippen molar-refractivity contribution in [3.63, 3.8) is 0 Å². The number of nitrogens with zero attached hydrogens (tertiary/aromatic N) is 3. The van der Waals surface area contributed by atoms with Crippen LogP contribution in [0.4, 0.5) is 11.5 Å². The van der Waals surface area contributed by atoms with Crippen LogP contribution in [0.25, 0.3) is 0 Å². The monoisotopic (exact) mass is 454 g/mol. The minimum Gasteiger partial charge on any atom is -0.378 e. The zero-order valence-corrected chi connectivity index (χ0v) is 19.4. The number of carbonyl (C=O) groups is 2. The minimum atomic E-state index is -0.385. The number of ketones is 1. The maximum absolute atomic E-state index is 13.4. The second-order valence-electron chi connectivity index (χ2n) is 9.15. The van der Waals surface area contributed by atoms with Gasteiger partial charge in [-0.15, -0.1) is 0 Å². The normalized spacial score (nSPS) is 18.9. The number of rotatable bonds is 7. The van der Waals surface area contributed by atoms with E-state index in [1.165, 1.54) is 25.5 Å². The van der Waals surface area contributed by atoms with Gasteiger partial charge in [-0.05, 0) is 37.8 Å². The molecule has 3 heterocycles. The molecule has 1 amide bonds. The summed E-state index contributed by atoms with van der Waals surface area (Å²) >= 11 is 0. The first-order chi connectivity index (χ1) is 16.1. The summed E-state index contributed by atoms with van der Waals surface area (Å²) in [5, 5.41) is 6.86. The molecule has 1 aliphatic heterocycles. The van der Waals surface area contributed by atoms with Crippen LogP contribution in [0.1, 0.15) is 67.4 Å². The van der Waals surface area contributed by atoms with E-state index in [4.69, 9.17) is 9.26 Å². The topological polar surface area (TPSA) is 97.6 Å². The third-order valence-electron chi connectivity index (χ3n) is 6.86. The first-order valence-corrected chi connectivity index (χ1v) is 12.2. The van der Waals surface area contributed by atoms with E-state index < -0.39 is 0 Å². The summed E-state index contributed by atoms with van der Waals surface area (Å²) in [7, 11) is 0. The van der Waals surface area contributed by atoms with Gasteiger partial charge in [0.05, 0.1) is 36.4 Å². The van der Waals surface area contributed by atoms with Gasteiger partial charge in [0.25, 0.3) is 0 Å². The van der Waals surface area contributed by atoms with E-state index in [-0.39, 0.29) is 29.9 Å². The summed E-state index contributed by atoms with van der Waals surface area (Å²) in [6, 6.07) is 3.81. The Labute approximate surface area is 195 Å². The van der Waals surface area contributed by atoms with Crippen molar-refractivity contribution >= 4 is 23.2 Å². The lowest BCUT2D eigenvalue weighted by atomic mass is 9.78. The second kappa shape index (κ2) is 11.4. The molecule has 0 aromatic carbocycles. The summed E-state index contributed by atoms with van der Waals surface area (Å²) < 4.78 is 10.4. The van der Waals surface area contributed by atoms with E-state index in [1.807, 2.05) is 12.1 Å². The molecule has 0 radical (unpaired) electrons. The van der Waals surface area contributed by atoms with Gasteiger partial charge in [0.2, 0.25) is 5.91 Å².